The first-order valence-electron chi connectivity index (χ1n) is 13.0. The van der Waals surface area contributed by atoms with Crippen molar-refractivity contribution in [3.05, 3.63) is 48.0 Å². The molecule has 0 radical (unpaired) electrons. The van der Waals surface area contributed by atoms with Crippen molar-refractivity contribution in [1.82, 2.24) is 0 Å². The van der Waals surface area contributed by atoms with E-state index in [4.69, 9.17) is 9.47 Å². The van der Waals surface area contributed by atoms with Crippen LogP contribution >= 0.6 is 0 Å². The highest BCUT2D eigenvalue weighted by Gasteiger charge is 2.50. The molecule has 0 aromatic heterocycles. The minimum Gasteiger partial charge on any atom is -0.492 e. The number of fused-ring (bicyclic) bond motifs is 1. The van der Waals surface area contributed by atoms with Gasteiger partial charge < -0.3 is 14.4 Å². The summed E-state index contributed by atoms with van der Waals surface area (Å²) in [6.45, 7) is 6.47. The van der Waals surface area contributed by atoms with E-state index < -0.39 is 11.9 Å². The van der Waals surface area contributed by atoms with Crippen molar-refractivity contribution in [2.75, 3.05) is 23.0 Å². The molecule has 2 saturated heterocycles. The number of imide groups is 1. The van der Waals surface area contributed by atoms with Gasteiger partial charge in [-0.15, -0.1) is 0 Å². The van der Waals surface area contributed by atoms with E-state index in [1.807, 2.05) is 19.1 Å². The summed E-state index contributed by atoms with van der Waals surface area (Å²) in [6, 6.07) is 12.2. The Morgan fingerprint density at radius 2 is 1.76 bits per heavy atom. The largest absolute Gasteiger partial charge is 0.492 e. The van der Waals surface area contributed by atoms with Gasteiger partial charge in [-0.1, -0.05) is 19.1 Å². The van der Waals surface area contributed by atoms with Crippen molar-refractivity contribution in [3.63, 3.8) is 0 Å². The number of ether oxygens (including phenoxy) is 2. The monoisotopic (exact) mass is 504 g/mol. The summed E-state index contributed by atoms with van der Waals surface area (Å²) in [4.78, 5) is 54.7. The van der Waals surface area contributed by atoms with Crippen LogP contribution in [0, 0.1) is 30.6 Å². The molecule has 194 valence electrons. The maximum Gasteiger partial charge on any atom is 0.316 e. The third kappa shape index (κ3) is 4.61. The molecule has 5 rings (SSSR count). The van der Waals surface area contributed by atoms with Crippen LogP contribution in [0.3, 0.4) is 0 Å². The molecular weight excluding hydrogens is 472 g/mol. The molecule has 8 heteroatoms. The fraction of sp³-hybridized carbons (Fsp3) is 0.448. The Kier molecular flexibility index (Phi) is 6.75. The number of carbonyl (C=O) groups excluding carboxylic acids is 4. The summed E-state index contributed by atoms with van der Waals surface area (Å²) in [7, 11) is 0. The van der Waals surface area contributed by atoms with Gasteiger partial charge in [-0.2, -0.15) is 0 Å². The van der Waals surface area contributed by atoms with E-state index in [-0.39, 0.29) is 42.5 Å². The Balaban J connectivity index is 1.28. The number of rotatable bonds is 6. The molecule has 2 heterocycles. The lowest BCUT2D eigenvalue weighted by atomic mass is 9.76. The van der Waals surface area contributed by atoms with Gasteiger partial charge in [-0.05, 0) is 74.9 Å². The molecular formula is C29H32N2O6. The third-order valence-corrected chi connectivity index (χ3v) is 7.73. The van der Waals surface area contributed by atoms with Crippen LogP contribution in [-0.4, -0.2) is 36.8 Å². The summed E-state index contributed by atoms with van der Waals surface area (Å²) < 4.78 is 11.3. The molecule has 8 nitrogen and oxygen atoms in total. The zero-order chi connectivity index (χ0) is 26.3. The van der Waals surface area contributed by atoms with Crippen LogP contribution in [-0.2, 0) is 19.2 Å². The number of esters is 1. The number of aryl methyl sites for hydroxylation is 1. The average Bonchev–Trinajstić information content (AvgIpc) is 3.37. The number of benzene rings is 2. The highest BCUT2D eigenvalue weighted by atomic mass is 16.5. The van der Waals surface area contributed by atoms with Crippen molar-refractivity contribution in [3.8, 4) is 11.5 Å². The van der Waals surface area contributed by atoms with Crippen LogP contribution in [0.2, 0.25) is 0 Å². The number of amides is 3. The van der Waals surface area contributed by atoms with Crippen LogP contribution in [0.5, 0.6) is 11.5 Å². The topological polar surface area (TPSA) is 93.2 Å². The van der Waals surface area contributed by atoms with E-state index in [9.17, 15) is 19.2 Å². The summed E-state index contributed by atoms with van der Waals surface area (Å²) in [5.74, 6) is -0.678. The van der Waals surface area contributed by atoms with Gasteiger partial charge in [0.25, 0.3) is 0 Å². The maximum atomic E-state index is 13.1. The van der Waals surface area contributed by atoms with E-state index in [1.54, 1.807) is 42.2 Å². The summed E-state index contributed by atoms with van der Waals surface area (Å²) >= 11 is 0. The molecule has 0 spiro atoms. The summed E-state index contributed by atoms with van der Waals surface area (Å²) in [5.41, 5.74) is 1.85. The second-order valence-corrected chi connectivity index (χ2v) is 10.3. The summed E-state index contributed by atoms with van der Waals surface area (Å²) in [5, 5.41) is 0. The Labute approximate surface area is 216 Å². The molecule has 2 aromatic carbocycles. The average molecular weight is 505 g/mol. The highest BCUT2D eigenvalue weighted by molar-refractivity contribution is 6.22. The van der Waals surface area contributed by atoms with Gasteiger partial charge in [0.2, 0.25) is 17.7 Å². The Morgan fingerprint density at radius 3 is 2.51 bits per heavy atom. The van der Waals surface area contributed by atoms with Crippen LogP contribution in [0.25, 0.3) is 0 Å². The Morgan fingerprint density at radius 1 is 1.00 bits per heavy atom. The van der Waals surface area contributed by atoms with Gasteiger partial charge in [0, 0.05) is 13.0 Å². The van der Waals surface area contributed by atoms with Crippen LogP contribution in [0.4, 0.5) is 11.4 Å². The maximum absolute atomic E-state index is 13.1. The van der Waals surface area contributed by atoms with Crippen LogP contribution in [0.1, 0.15) is 45.1 Å². The van der Waals surface area contributed by atoms with Crippen molar-refractivity contribution < 1.29 is 28.7 Å². The molecule has 0 N–H and O–H groups in total. The van der Waals surface area contributed by atoms with Crippen molar-refractivity contribution in [2.45, 2.75) is 46.5 Å². The number of carbonyl (C=O) groups is 4. The molecule has 1 saturated carbocycles. The van der Waals surface area contributed by atoms with Gasteiger partial charge in [0.15, 0.2) is 0 Å². The fourth-order valence-corrected chi connectivity index (χ4v) is 5.82. The van der Waals surface area contributed by atoms with Gasteiger partial charge in [0.1, 0.15) is 11.5 Å². The lowest BCUT2D eigenvalue weighted by Crippen LogP contribution is -2.31. The number of hydrogen-bond donors (Lipinski definition) is 0. The first kappa shape index (κ1) is 25.0. The fourth-order valence-electron chi connectivity index (χ4n) is 5.82. The zero-order valence-corrected chi connectivity index (χ0v) is 21.4. The molecule has 37 heavy (non-hydrogen) atoms. The van der Waals surface area contributed by atoms with E-state index in [0.29, 0.717) is 41.0 Å². The van der Waals surface area contributed by atoms with E-state index >= 15 is 0 Å². The van der Waals surface area contributed by atoms with Crippen molar-refractivity contribution >= 4 is 35.1 Å². The number of hydrogen-bond acceptors (Lipinski definition) is 6. The highest BCUT2D eigenvalue weighted by Crippen LogP contribution is 2.43. The smallest absolute Gasteiger partial charge is 0.316 e. The van der Waals surface area contributed by atoms with E-state index in [1.165, 1.54) is 4.90 Å². The normalized spacial score (nSPS) is 25.4. The van der Waals surface area contributed by atoms with Gasteiger partial charge in [-0.25, -0.2) is 4.90 Å². The molecule has 2 aliphatic heterocycles. The SMILES string of the molecule is CCOc1ccccc1N1C[C@H](C(=O)Oc2ccc(N3C(=O)[C@@H]4CC[C@H](C)C[C@H]4C3=O)c(C)c2)CC1=O. The predicted molar refractivity (Wildman–Crippen MR) is 137 cm³/mol. The lowest BCUT2D eigenvalue weighted by Gasteiger charge is -2.25. The molecule has 3 amide bonds. The van der Waals surface area contributed by atoms with Crippen molar-refractivity contribution in [1.29, 1.82) is 0 Å². The van der Waals surface area contributed by atoms with Gasteiger partial charge in [0.05, 0.1) is 35.7 Å². The number of para-hydroxylation sites is 2. The molecule has 3 fully saturated rings. The predicted octanol–water partition coefficient (Wildman–Crippen LogP) is 4.28. The number of anilines is 2. The minimum absolute atomic E-state index is 0.0499. The molecule has 0 unspecified atom stereocenters. The van der Waals surface area contributed by atoms with E-state index in [0.717, 1.165) is 19.3 Å². The molecule has 1 aliphatic carbocycles. The van der Waals surface area contributed by atoms with Crippen LogP contribution < -0.4 is 19.3 Å². The quantitative estimate of drug-likeness (QED) is 0.331. The Bertz CT molecular complexity index is 1260. The molecule has 4 atom stereocenters. The first-order valence-corrected chi connectivity index (χ1v) is 13.0. The second-order valence-electron chi connectivity index (χ2n) is 10.3. The van der Waals surface area contributed by atoms with E-state index in [2.05, 4.69) is 6.92 Å². The Hall–Kier alpha value is -3.68. The zero-order valence-electron chi connectivity index (χ0n) is 21.4. The number of nitrogens with zero attached hydrogens (tertiary/aromatic N) is 2. The van der Waals surface area contributed by atoms with Gasteiger partial charge >= 0.3 is 5.97 Å². The second kappa shape index (κ2) is 10.00. The first-order chi connectivity index (χ1) is 17.8. The molecule has 3 aliphatic rings. The van der Waals surface area contributed by atoms with Crippen molar-refractivity contribution in [2.24, 2.45) is 23.7 Å². The van der Waals surface area contributed by atoms with Gasteiger partial charge in [-0.3, -0.25) is 19.2 Å². The minimum atomic E-state index is -0.617. The third-order valence-electron chi connectivity index (χ3n) is 7.73. The lowest BCUT2D eigenvalue weighted by molar-refractivity contribution is -0.139. The molecule has 2 aromatic rings. The standard InChI is InChI=1S/C29H32N2O6/c1-4-36-25-8-6-5-7-24(25)30-16-19(15-26(30)32)29(35)37-20-10-12-23(18(3)14-20)31-27(33)21-11-9-17(2)13-22(21)28(31)34/h5-8,10,12,14,17,19,21-22H,4,9,11,13,15-16H2,1-3H3/t17-,19+,21+,22+/m0/s1. The van der Waals surface area contributed by atoms with Crippen LogP contribution in [0.15, 0.2) is 42.5 Å². The molecule has 0 bridgehead atoms. The summed E-state index contributed by atoms with van der Waals surface area (Å²) in [6.07, 6.45) is 2.50.